The van der Waals surface area contributed by atoms with Gasteiger partial charge in [-0.25, -0.2) is 4.98 Å². The van der Waals surface area contributed by atoms with Crippen molar-refractivity contribution in [2.24, 2.45) is 0 Å². The van der Waals surface area contributed by atoms with Gasteiger partial charge in [0.15, 0.2) is 0 Å². The van der Waals surface area contributed by atoms with Crippen LogP contribution >= 0.6 is 11.3 Å². The first-order valence-electron chi connectivity index (χ1n) is 9.40. The number of hydrogen-bond acceptors (Lipinski definition) is 3. The Labute approximate surface area is 169 Å². The minimum atomic E-state index is -0.110. The molecule has 0 aliphatic rings. The molecule has 2 aromatic heterocycles. The summed E-state index contributed by atoms with van der Waals surface area (Å²) in [5.41, 5.74) is 4.29. The van der Waals surface area contributed by atoms with Crippen molar-refractivity contribution < 1.29 is 4.79 Å². The smallest absolute Gasteiger partial charge is 0.256 e. The normalized spacial score (nSPS) is 11.1. The number of aromatic nitrogens is 1. The number of amides is 1. The van der Waals surface area contributed by atoms with E-state index in [2.05, 4.69) is 44.3 Å². The Balaban J connectivity index is 1.80. The lowest BCUT2D eigenvalue weighted by molar-refractivity contribution is 0.102. The highest BCUT2D eigenvalue weighted by molar-refractivity contribution is 7.15. The number of carbonyl (C=O) groups is 1. The van der Waals surface area contributed by atoms with E-state index < -0.39 is 0 Å². The maximum Gasteiger partial charge on any atom is 0.256 e. The molecule has 1 N–H and O–H groups in total. The summed E-state index contributed by atoms with van der Waals surface area (Å²) in [7, 11) is 0. The van der Waals surface area contributed by atoms with Gasteiger partial charge >= 0.3 is 0 Å². The number of fused-ring (bicyclic) bond motifs is 1. The first-order chi connectivity index (χ1) is 13.5. The third kappa shape index (κ3) is 3.56. The van der Waals surface area contributed by atoms with Crippen molar-refractivity contribution >= 4 is 33.8 Å². The summed E-state index contributed by atoms with van der Waals surface area (Å²) in [6.07, 6.45) is 0. The number of nitrogens with zero attached hydrogens (tertiary/aromatic N) is 1. The van der Waals surface area contributed by atoms with Gasteiger partial charge in [0.25, 0.3) is 5.91 Å². The molecule has 0 aliphatic heterocycles. The lowest BCUT2D eigenvalue weighted by Crippen LogP contribution is -2.14. The van der Waals surface area contributed by atoms with Gasteiger partial charge < -0.3 is 5.32 Å². The number of nitrogens with one attached hydrogen (secondary N) is 1. The first kappa shape index (κ1) is 18.4. The van der Waals surface area contributed by atoms with E-state index in [4.69, 9.17) is 4.98 Å². The summed E-state index contributed by atoms with van der Waals surface area (Å²) in [5, 5.41) is 3.98. The van der Waals surface area contributed by atoms with Crippen molar-refractivity contribution in [3.05, 3.63) is 82.7 Å². The first-order valence-corrected chi connectivity index (χ1v) is 10.2. The fraction of sp³-hybridized carbons (Fsp3) is 0.167. The number of para-hydroxylation sites is 2. The quantitative estimate of drug-likeness (QED) is 0.427. The third-order valence-corrected chi connectivity index (χ3v) is 5.81. The summed E-state index contributed by atoms with van der Waals surface area (Å²) in [5.74, 6) is 0.219. The van der Waals surface area contributed by atoms with Crippen LogP contribution in [-0.4, -0.2) is 10.9 Å². The van der Waals surface area contributed by atoms with Crippen molar-refractivity contribution in [3.8, 4) is 10.6 Å². The minimum Gasteiger partial charge on any atom is -0.322 e. The zero-order valence-electron chi connectivity index (χ0n) is 16.2. The second-order valence-corrected chi connectivity index (χ2v) is 8.47. The number of aryl methyl sites for hydroxylation is 1. The van der Waals surface area contributed by atoms with E-state index in [1.807, 2.05) is 48.5 Å². The fourth-order valence-electron chi connectivity index (χ4n) is 3.37. The van der Waals surface area contributed by atoms with Crippen molar-refractivity contribution in [1.29, 1.82) is 0 Å². The van der Waals surface area contributed by atoms with E-state index in [0.29, 0.717) is 11.5 Å². The molecule has 0 bridgehead atoms. The van der Waals surface area contributed by atoms with Gasteiger partial charge in [0.1, 0.15) is 0 Å². The molecule has 0 saturated carbocycles. The molecule has 0 atom stereocenters. The second-order valence-electron chi connectivity index (χ2n) is 7.18. The molecule has 2 heterocycles. The van der Waals surface area contributed by atoms with Crippen LogP contribution in [-0.2, 0) is 0 Å². The van der Waals surface area contributed by atoms with Crippen LogP contribution in [0.2, 0.25) is 0 Å². The number of hydrogen-bond donors (Lipinski definition) is 1. The molecular formula is C24H22N2OS. The van der Waals surface area contributed by atoms with Crippen LogP contribution in [0.5, 0.6) is 0 Å². The Bertz CT molecular complexity index is 1160. The molecule has 3 nitrogen and oxygen atoms in total. The van der Waals surface area contributed by atoms with Gasteiger partial charge in [-0.15, -0.1) is 11.3 Å². The fourth-order valence-corrected chi connectivity index (χ4v) is 4.19. The Kier molecular flexibility index (Phi) is 4.97. The molecule has 2 aromatic carbocycles. The largest absolute Gasteiger partial charge is 0.322 e. The molecule has 0 spiro atoms. The molecule has 28 heavy (non-hydrogen) atoms. The van der Waals surface area contributed by atoms with Gasteiger partial charge in [-0.2, -0.15) is 0 Å². The summed E-state index contributed by atoms with van der Waals surface area (Å²) in [6, 6.07) is 21.8. The van der Waals surface area contributed by atoms with Crippen LogP contribution in [0.1, 0.15) is 40.6 Å². The van der Waals surface area contributed by atoms with Crippen molar-refractivity contribution in [1.82, 2.24) is 4.98 Å². The molecule has 4 rings (SSSR count). The summed E-state index contributed by atoms with van der Waals surface area (Å²) in [4.78, 5) is 20.3. The number of benzene rings is 2. The van der Waals surface area contributed by atoms with Crippen LogP contribution in [0.3, 0.4) is 0 Å². The predicted octanol–water partition coefficient (Wildman–Crippen LogP) is 6.65. The maximum absolute atomic E-state index is 13.3. The number of pyridine rings is 1. The maximum atomic E-state index is 13.3. The van der Waals surface area contributed by atoms with Crippen LogP contribution < -0.4 is 5.32 Å². The number of carbonyl (C=O) groups excluding carboxylic acids is 1. The Morgan fingerprint density at radius 2 is 1.75 bits per heavy atom. The molecular weight excluding hydrogens is 364 g/mol. The third-order valence-electron chi connectivity index (χ3n) is 4.78. The van der Waals surface area contributed by atoms with E-state index in [0.717, 1.165) is 32.7 Å². The highest BCUT2D eigenvalue weighted by Crippen LogP contribution is 2.31. The number of thiophene rings is 1. The van der Waals surface area contributed by atoms with Crippen molar-refractivity contribution in [2.75, 3.05) is 5.32 Å². The van der Waals surface area contributed by atoms with Crippen LogP contribution in [0.15, 0.2) is 66.7 Å². The van der Waals surface area contributed by atoms with E-state index >= 15 is 0 Å². The van der Waals surface area contributed by atoms with E-state index in [-0.39, 0.29) is 5.91 Å². The Morgan fingerprint density at radius 3 is 2.50 bits per heavy atom. The SMILES string of the molecule is Cc1ccc(-c2cc(C(=O)Nc3ccccc3C(C)C)c3ccccc3n2)s1. The number of rotatable bonds is 4. The van der Waals surface area contributed by atoms with Gasteiger partial charge in [0.05, 0.1) is 21.7 Å². The Morgan fingerprint density at radius 1 is 1.00 bits per heavy atom. The minimum absolute atomic E-state index is 0.110. The monoisotopic (exact) mass is 386 g/mol. The molecule has 1 amide bonds. The van der Waals surface area contributed by atoms with Gasteiger partial charge in [-0.05, 0) is 48.7 Å². The van der Waals surface area contributed by atoms with Gasteiger partial charge in [-0.3, -0.25) is 4.79 Å². The van der Waals surface area contributed by atoms with E-state index in [9.17, 15) is 4.79 Å². The van der Waals surface area contributed by atoms with Crippen LogP contribution in [0.25, 0.3) is 21.5 Å². The van der Waals surface area contributed by atoms with Gasteiger partial charge in [-0.1, -0.05) is 50.2 Å². The lowest BCUT2D eigenvalue weighted by Gasteiger charge is -2.15. The second kappa shape index (κ2) is 7.56. The lowest BCUT2D eigenvalue weighted by atomic mass is 10.0. The zero-order valence-corrected chi connectivity index (χ0v) is 17.0. The zero-order chi connectivity index (χ0) is 19.7. The predicted molar refractivity (Wildman–Crippen MR) is 118 cm³/mol. The molecule has 4 aromatic rings. The molecule has 140 valence electrons. The van der Waals surface area contributed by atoms with Gasteiger partial charge in [0.2, 0.25) is 0 Å². The average Bonchev–Trinajstić information content (AvgIpc) is 3.13. The summed E-state index contributed by atoms with van der Waals surface area (Å²) >= 11 is 1.69. The van der Waals surface area contributed by atoms with Crippen molar-refractivity contribution in [2.45, 2.75) is 26.7 Å². The summed E-state index contributed by atoms with van der Waals surface area (Å²) < 4.78 is 0. The molecule has 0 aliphatic carbocycles. The number of anilines is 1. The highest BCUT2D eigenvalue weighted by Gasteiger charge is 2.16. The van der Waals surface area contributed by atoms with Gasteiger partial charge in [0, 0.05) is 16.0 Å². The van der Waals surface area contributed by atoms with E-state index in [1.54, 1.807) is 11.3 Å². The molecule has 0 radical (unpaired) electrons. The van der Waals surface area contributed by atoms with Crippen LogP contribution in [0.4, 0.5) is 5.69 Å². The molecule has 0 saturated heterocycles. The molecule has 0 unspecified atom stereocenters. The topological polar surface area (TPSA) is 42.0 Å². The standard InChI is InChI=1S/C24H22N2OS/c1-15(2)17-8-4-6-10-20(17)26-24(27)19-14-22(23-13-12-16(3)28-23)25-21-11-7-5-9-18(19)21/h4-15H,1-3H3,(H,26,27). The highest BCUT2D eigenvalue weighted by atomic mass is 32.1. The average molecular weight is 387 g/mol. The molecule has 0 fully saturated rings. The van der Waals surface area contributed by atoms with Crippen LogP contribution in [0, 0.1) is 6.92 Å². The van der Waals surface area contributed by atoms with E-state index in [1.165, 1.54) is 4.88 Å². The summed E-state index contributed by atoms with van der Waals surface area (Å²) in [6.45, 7) is 6.33. The molecule has 4 heteroatoms. The van der Waals surface area contributed by atoms with Crippen molar-refractivity contribution in [3.63, 3.8) is 0 Å². The Hall–Kier alpha value is -2.98.